The van der Waals surface area contributed by atoms with Crippen LogP contribution in [0.5, 0.6) is 0 Å². The largest absolute Gasteiger partial charge is 0.327 e. The Morgan fingerprint density at radius 3 is 2.39 bits per heavy atom. The van der Waals surface area contributed by atoms with Crippen molar-refractivity contribution in [1.82, 2.24) is 14.9 Å². The molecule has 0 bridgehead atoms. The van der Waals surface area contributed by atoms with Gasteiger partial charge in [0.2, 0.25) is 0 Å². The highest BCUT2D eigenvalue weighted by atomic mass is 35.5. The van der Waals surface area contributed by atoms with Crippen molar-refractivity contribution < 1.29 is 12.8 Å². The smallest absolute Gasteiger partial charge is 0.175 e. The summed E-state index contributed by atoms with van der Waals surface area (Å²) in [5.41, 5.74) is 2.87. The number of benzene rings is 2. The number of nitrogens with zero attached hydrogens (tertiary/aromatic N) is 2. The van der Waals surface area contributed by atoms with Crippen molar-refractivity contribution in [2.75, 3.05) is 19.3 Å². The van der Waals surface area contributed by atoms with Crippen LogP contribution in [0.4, 0.5) is 4.39 Å². The molecule has 2 aromatic carbocycles. The number of imidazole rings is 1. The quantitative estimate of drug-likeness (QED) is 0.698. The van der Waals surface area contributed by atoms with Crippen molar-refractivity contribution in [1.29, 1.82) is 0 Å². The zero-order valence-electron chi connectivity index (χ0n) is 15.8. The highest BCUT2D eigenvalue weighted by Gasteiger charge is 2.20. The summed E-state index contributed by atoms with van der Waals surface area (Å²) in [7, 11) is -1.39. The van der Waals surface area contributed by atoms with Crippen LogP contribution in [-0.4, -0.2) is 37.3 Å². The molecule has 0 saturated carbocycles. The molecule has 150 valence electrons. The standard InChI is InChI=1S/C20H22FN3O2S.ClH/c1-24-18-12-15(13-7-9-22-10-8-13)11-17(21)19(18)23-20(24)14-3-5-16(6-4-14)27(2,25)26;/h3-6,11-13,22H,7-10H2,1-2H3;1H. The van der Waals surface area contributed by atoms with E-state index in [1.807, 2.05) is 17.7 Å². The summed E-state index contributed by atoms with van der Waals surface area (Å²) < 4.78 is 39.9. The fraction of sp³-hybridized carbons (Fsp3) is 0.350. The summed E-state index contributed by atoms with van der Waals surface area (Å²) in [6.45, 7) is 1.90. The number of hydrogen-bond acceptors (Lipinski definition) is 4. The van der Waals surface area contributed by atoms with Gasteiger partial charge < -0.3 is 9.88 Å². The molecule has 1 aliphatic heterocycles. The molecule has 0 unspecified atom stereocenters. The SMILES string of the molecule is Cl.Cn1c(-c2ccc(S(C)(=O)=O)cc2)nc2c(F)cc(C3CCNCC3)cc21. The molecule has 1 aliphatic rings. The van der Waals surface area contributed by atoms with Crippen molar-refractivity contribution in [3.63, 3.8) is 0 Å². The maximum atomic E-state index is 14.8. The van der Waals surface area contributed by atoms with Gasteiger partial charge in [0.25, 0.3) is 0 Å². The molecule has 28 heavy (non-hydrogen) atoms. The van der Waals surface area contributed by atoms with Crippen LogP contribution in [0.1, 0.15) is 24.3 Å². The zero-order chi connectivity index (χ0) is 19.2. The maximum absolute atomic E-state index is 14.8. The minimum Gasteiger partial charge on any atom is -0.327 e. The van der Waals surface area contributed by atoms with Gasteiger partial charge in [-0.1, -0.05) is 0 Å². The lowest BCUT2D eigenvalue weighted by atomic mass is 9.90. The number of aryl methyl sites for hydroxylation is 1. The summed E-state index contributed by atoms with van der Waals surface area (Å²) in [5.74, 6) is 0.666. The minimum atomic E-state index is -3.25. The second-order valence-electron chi connectivity index (χ2n) is 7.19. The topological polar surface area (TPSA) is 64.0 Å². The first-order valence-electron chi connectivity index (χ1n) is 9.01. The summed E-state index contributed by atoms with van der Waals surface area (Å²) in [6.07, 6.45) is 3.18. The Labute approximate surface area is 170 Å². The molecule has 3 aromatic rings. The van der Waals surface area contributed by atoms with E-state index in [2.05, 4.69) is 10.3 Å². The van der Waals surface area contributed by atoms with E-state index in [0.29, 0.717) is 17.3 Å². The number of rotatable bonds is 3. The van der Waals surface area contributed by atoms with E-state index in [9.17, 15) is 12.8 Å². The number of aromatic nitrogens is 2. The Kier molecular flexibility index (Phi) is 5.79. The molecule has 0 spiro atoms. The molecule has 5 nitrogen and oxygen atoms in total. The summed E-state index contributed by atoms with van der Waals surface area (Å²) in [5, 5.41) is 3.33. The van der Waals surface area contributed by atoms with Gasteiger partial charge in [-0.3, -0.25) is 0 Å². The molecule has 2 heterocycles. The van der Waals surface area contributed by atoms with E-state index < -0.39 is 9.84 Å². The average Bonchev–Trinajstić information content (AvgIpc) is 2.99. The van der Waals surface area contributed by atoms with Crippen molar-refractivity contribution >= 4 is 33.3 Å². The van der Waals surface area contributed by atoms with Crippen LogP contribution in [0, 0.1) is 5.82 Å². The maximum Gasteiger partial charge on any atom is 0.175 e. The summed E-state index contributed by atoms with van der Waals surface area (Å²) >= 11 is 0. The molecule has 8 heteroatoms. The van der Waals surface area contributed by atoms with Crippen molar-refractivity contribution in [2.24, 2.45) is 7.05 Å². The van der Waals surface area contributed by atoms with Gasteiger partial charge in [0.05, 0.1) is 10.4 Å². The van der Waals surface area contributed by atoms with Gasteiger partial charge in [-0.2, -0.15) is 0 Å². The lowest BCUT2D eigenvalue weighted by Crippen LogP contribution is -2.26. The normalized spacial score (nSPS) is 15.5. The molecule has 0 aliphatic carbocycles. The van der Waals surface area contributed by atoms with Crippen LogP contribution < -0.4 is 5.32 Å². The monoisotopic (exact) mass is 423 g/mol. The minimum absolute atomic E-state index is 0. The first-order valence-corrected chi connectivity index (χ1v) is 10.9. The van der Waals surface area contributed by atoms with Crippen LogP contribution in [0.15, 0.2) is 41.3 Å². The number of nitrogens with one attached hydrogen (secondary N) is 1. The molecule has 0 atom stereocenters. The van der Waals surface area contributed by atoms with Crippen molar-refractivity contribution in [3.8, 4) is 11.4 Å². The second kappa shape index (κ2) is 7.81. The Hall–Kier alpha value is -1.96. The van der Waals surface area contributed by atoms with Crippen LogP contribution in [-0.2, 0) is 16.9 Å². The van der Waals surface area contributed by atoms with E-state index in [-0.39, 0.29) is 23.1 Å². The van der Waals surface area contributed by atoms with Crippen LogP contribution in [0.3, 0.4) is 0 Å². The van der Waals surface area contributed by atoms with Crippen molar-refractivity contribution in [3.05, 3.63) is 47.8 Å². The lowest BCUT2D eigenvalue weighted by Gasteiger charge is -2.23. The molecular weight excluding hydrogens is 401 g/mol. The number of fused-ring (bicyclic) bond motifs is 1. The second-order valence-corrected chi connectivity index (χ2v) is 9.20. The number of hydrogen-bond donors (Lipinski definition) is 1. The molecule has 1 saturated heterocycles. The number of sulfone groups is 1. The van der Waals surface area contributed by atoms with E-state index in [1.165, 1.54) is 6.26 Å². The van der Waals surface area contributed by atoms with Crippen LogP contribution >= 0.6 is 12.4 Å². The number of piperidine rings is 1. The first-order chi connectivity index (χ1) is 12.8. The fourth-order valence-corrected chi connectivity index (χ4v) is 4.40. The highest BCUT2D eigenvalue weighted by Crippen LogP contribution is 2.32. The molecular formula is C20H23ClFN3O2S. The summed E-state index contributed by atoms with van der Waals surface area (Å²) in [6, 6.07) is 10.2. The van der Waals surface area contributed by atoms with Gasteiger partial charge in [0.15, 0.2) is 15.7 Å². The third-order valence-electron chi connectivity index (χ3n) is 5.31. The number of halogens is 2. The third kappa shape index (κ3) is 3.79. The van der Waals surface area contributed by atoms with E-state index >= 15 is 0 Å². The average molecular weight is 424 g/mol. The van der Waals surface area contributed by atoms with Crippen LogP contribution in [0.25, 0.3) is 22.4 Å². The molecule has 4 rings (SSSR count). The zero-order valence-corrected chi connectivity index (χ0v) is 17.4. The van der Waals surface area contributed by atoms with E-state index in [1.54, 1.807) is 30.3 Å². The van der Waals surface area contributed by atoms with Gasteiger partial charge in [-0.15, -0.1) is 12.4 Å². The lowest BCUT2D eigenvalue weighted by molar-refractivity contribution is 0.459. The Balaban J connectivity index is 0.00000225. The molecule has 1 aromatic heterocycles. The van der Waals surface area contributed by atoms with E-state index in [0.717, 1.165) is 42.6 Å². The van der Waals surface area contributed by atoms with Gasteiger partial charge in [-0.25, -0.2) is 17.8 Å². The highest BCUT2D eigenvalue weighted by molar-refractivity contribution is 7.90. The van der Waals surface area contributed by atoms with Crippen molar-refractivity contribution in [2.45, 2.75) is 23.7 Å². The first kappa shape index (κ1) is 20.8. The predicted molar refractivity (Wildman–Crippen MR) is 111 cm³/mol. The molecule has 0 amide bonds. The molecule has 1 fully saturated rings. The van der Waals surface area contributed by atoms with Crippen LogP contribution in [0.2, 0.25) is 0 Å². The Morgan fingerprint density at radius 2 is 1.79 bits per heavy atom. The Morgan fingerprint density at radius 1 is 1.14 bits per heavy atom. The van der Waals surface area contributed by atoms with Gasteiger partial charge in [0.1, 0.15) is 11.3 Å². The summed E-state index contributed by atoms with van der Waals surface area (Å²) in [4.78, 5) is 4.74. The predicted octanol–water partition coefficient (Wildman–Crippen LogP) is 3.67. The third-order valence-corrected chi connectivity index (χ3v) is 6.44. The molecule has 1 N–H and O–H groups in total. The fourth-order valence-electron chi connectivity index (χ4n) is 3.77. The van der Waals surface area contributed by atoms with Gasteiger partial charge in [0, 0.05) is 18.9 Å². The van der Waals surface area contributed by atoms with Gasteiger partial charge >= 0.3 is 0 Å². The van der Waals surface area contributed by atoms with E-state index in [4.69, 9.17) is 0 Å². The Bertz CT molecular complexity index is 1100. The van der Waals surface area contributed by atoms with Gasteiger partial charge in [-0.05, 0) is 73.8 Å². The molecule has 0 radical (unpaired) electrons.